The molecule has 0 radical (unpaired) electrons. The topological polar surface area (TPSA) is 138 Å². The number of aromatic nitrogens is 5. The molecule has 12 nitrogen and oxygen atoms in total. The summed E-state index contributed by atoms with van der Waals surface area (Å²) in [5.74, 6) is 1.26. The Morgan fingerprint density at radius 1 is 1.14 bits per heavy atom. The first-order valence-corrected chi connectivity index (χ1v) is 13.7. The van der Waals surface area contributed by atoms with Crippen molar-refractivity contribution < 1.29 is 13.2 Å². The molecule has 2 N–H and O–H groups in total. The predicted molar refractivity (Wildman–Crippen MR) is 140 cm³/mol. The van der Waals surface area contributed by atoms with E-state index in [9.17, 15) is 13.2 Å². The van der Waals surface area contributed by atoms with Crippen LogP contribution < -0.4 is 10.6 Å². The van der Waals surface area contributed by atoms with E-state index in [0.717, 1.165) is 4.09 Å². The van der Waals surface area contributed by atoms with Gasteiger partial charge in [-0.1, -0.05) is 0 Å². The summed E-state index contributed by atoms with van der Waals surface area (Å²) in [7, 11) is 0.565. The van der Waals surface area contributed by atoms with Crippen LogP contribution in [-0.2, 0) is 10.0 Å². The minimum atomic E-state index is -3.46. The van der Waals surface area contributed by atoms with Gasteiger partial charge in [-0.25, -0.2) is 23.4 Å². The number of rotatable bonds is 9. The molecular formula is C24H31N9O3S. The van der Waals surface area contributed by atoms with Crippen LogP contribution in [0.1, 0.15) is 37.0 Å². The van der Waals surface area contributed by atoms with E-state index in [4.69, 9.17) is 0 Å². The Morgan fingerprint density at radius 3 is 2.57 bits per heavy atom. The summed E-state index contributed by atoms with van der Waals surface area (Å²) < 4.78 is 25.9. The van der Waals surface area contributed by atoms with Crippen molar-refractivity contribution >= 4 is 33.3 Å². The van der Waals surface area contributed by atoms with E-state index in [1.54, 1.807) is 24.5 Å². The van der Waals surface area contributed by atoms with Gasteiger partial charge in [-0.2, -0.15) is 9.19 Å². The van der Waals surface area contributed by atoms with Crippen LogP contribution in [0.15, 0.2) is 36.9 Å². The second kappa shape index (κ2) is 9.71. The quantitative estimate of drug-likeness (QED) is 0.427. The first kappa shape index (κ1) is 25.1. The van der Waals surface area contributed by atoms with Crippen LogP contribution >= 0.6 is 0 Å². The molecule has 0 spiro atoms. The third-order valence-electron chi connectivity index (χ3n) is 6.39. The zero-order valence-corrected chi connectivity index (χ0v) is 22.1. The molecule has 0 bridgehead atoms. The molecule has 1 amide bonds. The summed E-state index contributed by atoms with van der Waals surface area (Å²) >= 11 is 0. The number of hydrogen-bond acceptors (Lipinski definition) is 10. The highest BCUT2D eigenvalue weighted by Crippen LogP contribution is 2.30. The summed E-state index contributed by atoms with van der Waals surface area (Å²) in [6.07, 6.45) is 7.35. The maximum absolute atomic E-state index is 13.1. The second-order valence-electron chi connectivity index (χ2n) is 9.98. The van der Waals surface area contributed by atoms with Crippen LogP contribution in [0.3, 0.4) is 0 Å². The average molecular weight is 526 g/mol. The lowest BCUT2D eigenvalue weighted by molar-refractivity contribution is 0.0400. The molecule has 2 fully saturated rings. The van der Waals surface area contributed by atoms with E-state index < -0.39 is 10.0 Å². The second-order valence-corrected chi connectivity index (χ2v) is 12.0. The van der Waals surface area contributed by atoms with Crippen LogP contribution in [0.25, 0.3) is 11.4 Å². The number of likely N-dealkylation sites (tertiary alicyclic amines) is 1. The number of carbonyl (C=O) groups excluding carboxylic acids is 1. The van der Waals surface area contributed by atoms with Crippen molar-refractivity contribution in [3.05, 3.63) is 42.5 Å². The highest BCUT2D eigenvalue weighted by atomic mass is 32.2. The van der Waals surface area contributed by atoms with Gasteiger partial charge in [-0.3, -0.25) is 4.79 Å². The zero-order chi connectivity index (χ0) is 26.3. The summed E-state index contributed by atoms with van der Waals surface area (Å²) in [5.41, 5.74) is 1.70. The lowest BCUT2D eigenvalue weighted by Crippen LogP contribution is -2.59. The number of nitrogens with one attached hydrogen (secondary N) is 2. The maximum atomic E-state index is 13.1. The molecule has 196 valence electrons. The fraction of sp³-hybridized carbons (Fsp3) is 0.458. The van der Waals surface area contributed by atoms with Gasteiger partial charge in [-0.05, 0) is 46.9 Å². The highest BCUT2D eigenvalue weighted by Gasteiger charge is 2.38. The normalized spacial score (nSPS) is 16.2. The van der Waals surface area contributed by atoms with E-state index >= 15 is 0 Å². The number of anilines is 3. The van der Waals surface area contributed by atoms with Gasteiger partial charge in [0.2, 0.25) is 0 Å². The smallest absolute Gasteiger partial charge is 0.257 e. The van der Waals surface area contributed by atoms with Gasteiger partial charge in [0.15, 0.2) is 5.82 Å². The summed E-state index contributed by atoms with van der Waals surface area (Å²) in [5, 5.41) is 10.2. The monoisotopic (exact) mass is 525 g/mol. The van der Waals surface area contributed by atoms with Crippen LogP contribution in [0, 0.1) is 0 Å². The number of hydrogen-bond donors (Lipinski definition) is 2. The molecule has 1 aliphatic heterocycles. The fourth-order valence-corrected chi connectivity index (χ4v) is 5.50. The van der Waals surface area contributed by atoms with Crippen molar-refractivity contribution in [2.24, 2.45) is 0 Å². The van der Waals surface area contributed by atoms with Crippen LogP contribution in [0.4, 0.5) is 17.3 Å². The Balaban J connectivity index is 1.34. The minimum Gasteiger partial charge on any atom is -0.382 e. The number of amides is 1. The van der Waals surface area contributed by atoms with Crippen molar-refractivity contribution in [1.29, 1.82) is 0 Å². The SMILES string of the molecule is CC(C)Nc1cc(Nc2ccnc(-c3cnn(S(=O)(=O)C4CC4)c3)n2)ncc1C(=O)N1CC(N(C)C)C1. The molecule has 5 rings (SSSR count). The van der Waals surface area contributed by atoms with Crippen LogP contribution in [0.5, 0.6) is 0 Å². The third-order valence-corrected chi connectivity index (χ3v) is 8.43. The molecule has 2 aliphatic rings. The molecule has 0 atom stereocenters. The van der Waals surface area contributed by atoms with Crippen molar-refractivity contribution in [3.8, 4) is 11.4 Å². The fourth-order valence-electron chi connectivity index (χ4n) is 4.02. The van der Waals surface area contributed by atoms with E-state index in [2.05, 4.69) is 35.6 Å². The lowest BCUT2D eigenvalue weighted by Gasteiger charge is -2.42. The van der Waals surface area contributed by atoms with Crippen molar-refractivity contribution in [2.75, 3.05) is 37.8 Å². The first-order chi connectivity index (χ1) is 17.6. The average Bonchev–Trinajstić information content (AvgIpc) is 3.55. The largest absolute Gasteiger partial charge is 0.382 e. The lowest BCUT2D eigenvalue weighted by atomic mass is 10.1. The van der Waals surface area contributed by atoms with Crippen molar-refractivity contribution in [3.63, 3.8) is 0 Å². The van der Waals surface area contributed by atoms with Crippen LogP contribution in [-0.4, -0.2) is 92.8 Å². The Labute approximate surface area is 216 Å². The van der Waals surface area contributed by atoms with Gasteiger partial charge in [0, 0.05) is 43.6 Å². The van der Waals surface area contributed by atoms with Gasteiger partial charge >= 0.3 is 0 Å². The summed E-state index contributed by atoms with van der Waals surface area (Å²) in [6, 6.07) is 3.96. The first-order valence-electron chi connectivity index (χ1n) is 12.2. The van der Waals surface area contributed by atoms with Gasteiger partial charge in [0.1, 0.15) is 11.6 Å². The molecule has 3 aromatic heterocycles. The number of carbonyl (C=O) groups is 1. The molecule has 3 aromatic rings. The molecule has 37 heavy (non-hydrogen) atoms. The van der Waals surface area contributed by atoms with Crippen LogP contribution in [0.2, 0.25) is 0 Å². The molecule has 1 saturated heterocycles. The Hall–Kier alpha value is -3.58. The maximum Gasteiger partial charge on any atom is 0.257 e. The number of pyridine rings is 1. The summed E-state index contributed by atoms with van der Waals surface area (Å²) in [6.45, 7) is 5.39. The molecule has 13 heteroatoms. The van der Waals surface area contributed by atoms with E-state index in [0.29, 0.717) is 66.2 Å². The van der Waals surface area contributed by atoms with E-state index in [-0.39, 0.29) is 17.2 Å². The summed E-state index contributed by atoms with van der Waals surface area (Å²) in [4.78, 5) is 30.3. The van der Waals surface area contributed by atoms with Gasteiger partial charge in [-0.15, -0.1) is 0 Å². The Kier molecular flexibility index (Phi) is 6.58. The highest BCUT2D eigenvalue weighted by molar-refractivity contribution is 7.90. The standard InChI is InChI=1S/C24H31N9O3S/c1-15(2)28-20-9-22(26-11-19(20)24(34)32-13-17(14-32)31(3)4)29-21-7-8-25-23(30-21)16-10-27-33(12-16)37(35,36)18-5-6-18/h7-12,15,17-18H,5-6,13-14H2,1-4H3,(H2,25,26,28,29,30). The Bertz CT molecular complexity index is 1410. The molecule has 0 unspecified atom stereocenters. The Morgan fingerprint density at radius 2 is 1.89 bits per heavy atom. The molecule has 1 aliphatic carbocycles. The zero-order valence-electron chi connectivity index (χ0n) is 21.3. The van der Waals surface area contributed by atoms with Crippen molar-refractivity contribution in [2.45, 2.75) is 44.0 Å². The minimum absolute atomic E-state index is 0.0530. The van der Waals surface area contributed by atoms with Crippen molar-refractivity contribution in [1.82, 2.24) is 33.9 Å². The molecule has 1 saturated carbocycles. The predicted octanol–water partition coefficient (Wildman–Crippen LogP) is 2.03. The number of nitrogens with zero attached hydrogens (tertiary/aromatic N) is 7. The third kappa shape index (κ3) is 5.27. The molecule has 4 heterocycles. The molecular weight excluding hydrogens is 494 g/mol. The molecule has 0 aromatic carbocycles. The van der Waals surface area contributed by atoms with Gasteiger partial charge < -0.3 is 20.4 Å². The van der Waals surface area contributed by atoms with Gasteiger partial charge in [0.05, 0.1) is 34.5 Å². The van der Waals surface area contributed by atoms with E-state index in [1.807, 2.05) is 32.8 Å². The number of likely N-dealkylation sites (N-methyl/N-ethyl adjacent to an activating group) is 1. The van der Waals surface area contributed by atoms with E-state index in [1.165, 1.54) is 12.4 Å². The van der Waals surface area contributed by atoms with Gasteiger partial charge in [0.25, 0.3) is 15.9 Å².